The lowest BCUT2D eigenvalue weighted by molar-refractivity contribution is 0.125. The number of nitrogens with two attached hydrogens (primary N) is 1. The number of likely N-dealkylation sites (N-methyl/N-ethyl adjacent to an activating group) is 1. The summed E-state index contributed by atoms with van der Waals surface area (Å²) in [4.78, 5) is 2.40. The Morgan fingerprint density at radius 3 is 2.89 bits per heavy atom. The fourth-order valence-corrected chi connectivity index (χ4v) is 3.23. The number of nitrogens with zero attached hydrogens (tertiary/aromatic N) is 1. The summed E-state index contributed by atoms with van der Waals surface area (Å²) >= 11 is 3.56. The second-order valence-electron chi connectivity index (χ2n) is 5.41. The Labute approximate surface area is 124 Å². The lowest BCUT2D eigenvalue weighted by Crippen LogP contribution is -2.40. The molecule has 0 saturated carbocycles. The topological polar surface area (TPSA) is 38.5 Å². The average Bonchev–Trinajstić information content (AvgIpc) is 2.37. The average molecular weight is 327 g/mol. The lowest BCUT2D eigenvalue weighted by atomic mass is 10.0. The fraction of sp³-hybridized carbons (Fsp3) is 0.600. The van der Waals surface area contributed by atoms with Gasteiger partial charge in [0.25, 0.3) is 0 Å². The number of hydrogen-bond donors (Lipinski definition) is 1. The highest BCUT2D eigenvalue weighted by Crippen LogP contribution is 2.27. The second-order valence-corrected chi connectivity index (χ2v) is 6.27. The van der Waals surface area contributed by atoms with Crippen LogP contribution >= 0.6 is 15.9 Å². The minimum Gasteiger partial charge on any atom is -0.492 e. The quantitative estimate of drug-likeness (QED) is 0.922. The van der Waals surface area contributed by atoms with Gasteiger partial charge in [-0.2, -0.15) is 0 Å². The molecule has 0 spiro atoms. The number of piperidine rings is 1. The van der Waals surface area contributed by atoms with E-state index in [0.717, 1.165) is 22.4 Å². The third-order valence-electron chi connectivity index (χ3n) is 3.83. The molecule has 1 fully saturated rings. The van der Waals surface area contributed by atoms with Gasteiger partial charge in [-0.25, -0.2) is 0 Å². The molecule has 2 rings (SSSR count). The van der Waals surface area contributed by atoms with Crippen molar-refractivity contribution < 1.29 is 4.74 Å². The molecule has 4 heteroatoms. The van der Waals surface area contributed by atoms with Crippen LogP contribution in [0.2, 0.25) is 0 Å². The molecule has 1 aliphatic heterocycles. The molecule has 0 bridgehead atoms. The van der Waals surface area contributed by atoms with Crippen LogP contribution in [0.25, 0.3) is 0 Å². The molecular weight excluding hydrogens is 304 g/mol. The summed E-state index contributed by atoms with van der Waals surface area (Å²) in [6, 6.07) is 6.64. The molecule has 1 saturated heterocycles. The highest BCUT2D eigenvalue weighted by molar-refractivity contribution is 9.10. The smallest absolute Gasteiger partial charge is 0.120 e. The van der Waals surface area contributed by atoms with Gasteiger partial charge in [-0.15, -0.1) is 0 Å². The minimum atomic E-state index is 0.0351. The summed E-state index contributed by atoms with van der Waals surface area (Å²) in [6.45, 7) is 3.93. The van der Waals surface area contributed by atoms with Crippen molar-refractivity contribution in [3.8, 4) is 5.75 Å². The van der Waals surface area contributed by atoms with Gasteiger partial charge in [0.2, 0.25) is 0 Å². The molecule has 2 N–H and O–H groups in total. The van der Waals surface area contributed by atoms with Crippen molar-refractivity contribution in [2.24, 2.45) is 5.73 Å². The van der Waals surface area contributed by atoms with E-state index in [1.807, 2.05) is 25.1 Å². The maximum atomic E-state index is 5.92. The lowest BCUT2D eigenvalue weighted by Gasteiger charge is -2.32. The summed E-state index contributed by atoms with van der Waals surface area (Å²) < 4.78 is 6.94. The Kier molecular flexibility index (Phi) is 5.25. The number of benzene rings is 1. The number of hydrogen-bond acceptors (Lipinski definition) is 3. The van der Waals surface area contributed by atoms with E-state index >= 15 is 0 Å². The number of likely N-dealkylation sites (tertiary alicyclic amines) is 1. The van der Waals surface area contributed by atoms with Crippen LogP contribution in [0.5, 0.6) is 5.75 Å². The summed E-state index contributed by atoms with van der Waals surface area (Å²) in [5, 5.41) is 0. The maximum Gasteiger partial charge on any atom is 0.120 e. The van der Waals surface area contributed by atoms with Crippen LogP contribution in [0.4, 0.5) is 0 Å². The van der Waals surface area contributed by atoms with E-state index in [9.17, 15) is 0 Å². The third kappa shape index (κ3) is 3.94. The number of halogens is 1. The van der Waals surface area contributed by atoms with E-state index in [0.29, 0.717) is 6.04 Å². The predicted molar refractivity (Wildman–Crippen MR) is 82.5 cm³/mol. The van der Waals surface area contributed by atoms with Gasteiger partial charge in [0, 0.05) is 16.6 Å². The van der Waals surface area contributed by atoms with Gasteiger partial charge in [0.05, 0.1) is 0 Å². The molecule has 1 heterocycles. The van der Waals surface area contributed by atoms with Crippen molar-refractivity contribution >= 4 is 15.9 Å². The molecular formula is C15H23BrN2O. The maximum absolute atomic E-state index is 5.92. The van der Waals surface area contributed by atoms with Crippen LogP contribution in [0.15, 0.2) is 22.7 Å². The standard InChI is InChI=1S/C15H23BrN2O/c1-11(17)14-7-6-13(9-15(14)16)19-10-12-5-3-4-8-18(12)2/h6-7,9,11-12H,3-5,8,10,17H2,1-2H3/t11-,12?/m0/s1. The van der Waals surface area contributed by atoms with Crippen molar-refractivity contribution in [1.82, 2.24) is 4.90 Å². The van der Waals surface area contributed by atoms with E-state index < -0.39 is 0 Å². The van der Waals surface area contributed by atoms with E-state index in [1.165, 1.54) is 25.8 Å². The van der Waals surface area contributed by atoms with Gasteiger partial charge in [-0.1, -0.05) is 28.4 Å². The first-order chi connectivity index (χ1) is 9.08. The van der Waals surface area contributed by atoms with Gasteiger partial charge >= 0.3 is 0 Å². The Morgan fingerprint density at radius 1 is 1.47 bits per heavy atom. The molecule has 106 valence electrons. The van der Waals surface area contributed by atoms with E-state index in [1.54, 1.807) is 0 Å². The zero-order valence-corrected chi connectivity index (χ0v) is 13.3. The van der Waals surface area contributed by atoms with Gasteiger partial charge in [0.1, 0.15) is 12.4 Å². The summed E-state index contributed by atoms with van der Waals surface area (Å²) in [5.41, 5.74) is 7.01. The van der Waals surface area contributed by atoms with Crippen molar-refractivity contribution in [1.29, 1.82) is 0 Å². The summed E-state index contributed by atoms with van der Waals surface area (Å²) in [6.07, 6.45) is 3.85. The zero-order chi connectivity index (χ0) is 13.8. The summed E-state index contributed by atoms with van der Waals surface area (Å²) in [5.74, 6) is 0.912. The van der Waals surface area contributed by atoms with Gasteiger partial charge in [-0.05, 0) is 51.1 Å². The van der Waals surface area contributed by atoms with Crippen LogP contribution in [0, 0.1) is 0 Å². The van der Waals surface area contributed by atoms with E-state index in [4.69, 9.17) is 10.5 Å². The van der Waals surface area contributed by atoms with Crippen molar-refractivity contribution in [3.05, 3.63) is 28.2 Å². The normalized spacial score (nSPS) is 22.2. The monoisotopic (exact) mass is 326 g/mol. The van der Waals surface area contributed by atoms with Crippen LogP contribution < -0.4 is 10.5 Å². The largest absolute Gasteiger partial charge is 0.492 e. The minimum absolute atomic E-state index is 0.0351. The zero-order valence-electron chi connectivity index (χ0n) is 11.7. The third-order valence-corrected chi connectivity index (χ3v) is 4.51. The first-order valence-corrected chi connectivity index (χ1v) is 7.75. The first kappa shape index (κ1) is 14.8. The molecule has 1 aromatic rings. The molecule has 0 aromatic heterocycles. The molecule has 19 heavy (non-hydrogen) atoms. The van der Waals surface area contributed by atoms with Crippen LogP contribution in [0.1, 0.15) is 37.8 Å². The van der Waals surface area contributed by atoms with Crippen molar-refractivity contribution in [2.75, 3.05) is 20.2 Å². The number of rotatable bonds is 4. The second kappa shape index (κ2) is 6.73. The Balaban J connectivity index is 1.94. The molecule has 3 nitrogen and oxygen atoms in total. The Bertz CT molecular complexity index is 423. The SMILES string of the molecule is C[C@H](N)c1ccc(OCC2CCCCN2C)cc1Br. The molecule has 0 aliphatic carbocycles. The molecule has 2 atom stereocenters. The highest BCUT2D eigenvalue weighted by atomic mass is 79.9. The van der Waals surface area contributed by atoms with Crippen LogP contribution in [-0.2, 0) is 0 Å². The summed E-state index contributed by atoms with van der Waals surface area (Å²) in [7, 11) is 2.18. The first-order valence-electron chi connectivity index (χ1n) is 6.96. The van der Waals surface area contributed by atoms with Crippen LogP contribution in [-0.4, -0.2) is 31.1 Å². The highest BCUT2D eigenvalue weighted by Gasteiger charge is 2.19. The van der Waals surface area contributed by atoms with Crippen molar-refractivity contribution in [3.63, 3.8) is 0 Å². The molecule has 0 radical (unpaired) electrons. The Hall–Kier alpha value is -0.580. The number of ether oxygens (including phenoxy) is 1. The molecule has 1 aromatic carbocycles. The van der Waals surface area contributed by atoms with Crippen molar-refractivity contribution in [2.45, 2.75) is 38.3 Å². The van der Waals surface area contributed by atoms with Crippen LogP contribution in [0.3, 0.4) is 0 Å². The fourth-order valence-electron chi connectivity index (χ4n) is 2.51. The molecule has 1 aliphatic rings. The molecule has 1 unspecified atom stereocenters. The van der Waals surface area contributed by atoms with Gasteiger partial charge in [0.15, 0.2) is 0 Å². The van der Waals surface area contributed by atoms with E-state index in [2.05, 4.69) is 27.9 Å². The molecule has 0 amide bonds. The Morgan fingerprint density at radius 2 is 2.26 bits per heavy atom. The van der Waals surface area contributed by atoms with Gasteiger partial charge < -0.3 is 15.4 Å². The van der Waals surface area contributed by atoms with E-state index in [-0.39, 0.29) is 6.04 Å². The predicted octanol–water partition coefficient (Wildman–Crippen LogP) is 3.33. The van der Waals surface area contributed by atoms with Gasteiger partial charge in [-0.3, -0.25) is 0 Å².